The Morgan fingerprint density at radius 1 is 0.513 bits per heavy atom. The van der Waals surface area contributed by atoms with E-state index in [1.807, 2.05) is 13.8 Å². The molecule has 0 aromatic heterocycles. The summed E-state index contributed by atoms with van der Waals surface area (Å²) in [6, 6.07) is 19.1. The van der Waals surface area contributed by atoms with Crippen molar-refractivity contribution in [3.63, 3.8) is 0 Å². The van der Waals surface area contributed by atoms with Gasteiger partial charge in [-0.15, -0.1) is 0 Å². The monoisotopic (exact) mass is 556 g/mol. The lowest BCUT2D eigenvalue weighted by Crippen LogP contribution is -2.29. The number of carbonyl (C=O) groups excluding carboxylic acids is 4. The predicted octanol–water partition coefficient (Wildman–Crippen LogP) is 7.00. The van der Waals surface area contributed by atoms with E-state index in [9.17, 15) is 19.2 Å². The zero-order chi connectivity index (χ0) is 27.6. The molecule has 39 heavy (non-hydrogen) atoms. The Bertz CT molecular complexity index is 1650. The van der Waals surface area contributed by atoms with Gasteiger partial charge in [0.15, 0.2) is 0 Å². The van der Waals surface area contributed by atoms with Gasteiger partial charge in [-0.1, -0.05) is 35.3 Å². The Balaban J connectivity index is 1.27. The van der Waals surface area contributed by atoms with Gasteiger partial charge in [0, 0.05) is 10.0 Å². The molecule has 0 spiro atoms. The van der Waals surface area contributed by atoms with Gasteiger partial charge in [0.25, 0.3) is 23.6 Å². The fraction of sp³-hybridized carbons (Fsp3) is 0.0667. The Morgan fingerprint density at radius 3 is 1.28 bits per heavy atom. The number of ether oxygens (including phenoxy) is 1. The molecule has 0 unspecified atom stereocenters. The number of benzene rings is 4. The van der Waals surface area contributed by atoms with Crippen molar-refractivity contribution < 1.29 is 23.9 Å². The highest BCUT2D eigenvalue weighted by atomic mass is 35.5. The number of anilines is 2. The molecule has 0 fully saturated rings. The van der Waals surface area contributed by atoms with E-state index in [2.05, 4.69) is 0 Å². The fourth-order valence-electron chi connectivity index (χ4n) is 4.61. The Labute approximate surface area is 233 Å². The minimum Gasteiger partial charge on any atom is -0.457 e. The number of hydrogen-bond donors (Lipinski definition) is 0. The van der Waals surface area contributed by atoms with E-state index < -0.39 is 23.6 Å². The maximum absolute atomic E-state index is 13.2. The molecule has 0 saturated carbocycles. The standard InChI is InChI=1S/C30H18Cl2N2O5/c1-15-3-5-17(11-25(15)31)33-27(35)21-9-7-19(13-23(21)29(33)37)39-20-8-10-22-24(14-20)30(38)34(28(22)36)18-6-4-16(2)26(32)12-18/h3-14H,1-2H3. The first-order chi connectivity index (χ1) is 18.6. The molecule has 2 aliphatic heterocycles. The average molecular weight is 557 g/mol. The van der Waals surface area contributed by atoms with E-state index in [4.69, 9.17) is 27.9 Å². The topological polar surface area (TPSA) is 84.0 Å². The summed E-state index contributed by atoms with van der Waals surface area (Å²) in [5.41, 5.74) is 3.26. The number of halogens is 2. The fourth-order valence-corrected chi connectivity index (χ4v) is 4.96. The summed E-state index contributed by atoms with van der Waals surface area (Å²) in [6.07, 6.45) is 0. The molecular weight excluding hydrogens is 539 g/mol. The molecule has 2 aliphatic rings. The van der Waals surface area contributed by atoms with Gasteiger partial charge in [0.1, 0.15) is 11.5 Å². The number of imide groups is 2. The van der Waals surface area contributed by atoms with E-state index in [0.29, 0.717) is 21.4 Å². The summed E-state index contributed by atoms with van der Waals surface area (Å²) >= 11 is 12.4. The molecular formula is C30H18Cl2N2O5. The van der Waals surface area contributed by atoms with E-state index in [1.165, 1.54) is 24.3 Å². The second-order valence-electron chi connectivity index (χ2n) is 9.28. The maximum atomic E-state index is 13.2. The van der Waals surface area contributed by atoms with Gasteiger partial charge in [-0.2, -0.15) is 0 Å². The molecule has 2 heterocycles. The Morgan fingerprint density at radius 2 is 0.897 bits per heavy atom. The van der Waals surface area contributed by atoms with Crippen molar-refractivity contribution in [2.24, 2.45) is 0 Å². The highest BCUT2D eigenvalue weighted by Crippen LogP contribution is 2.36. The molecule has 0 saturated heterocycles. The van der Waals surface area contributed by atoms with Crippen LogP contribution in [-0.4, -0.2) is 23.6 Å². The van der Waals surface area contributed by atoms with E-state index >= 15 is 0 Å². The van der Waals surface area contributed by atoms with Crippen LogP contribution in [0.15, 0.2) is 72.8 Å². The van der Waals surface area contributed by atoms with E-state index in [-0.39, 0.29) is 33.8 Å². The van der Waals surface area contributed by atoms with Gasteiger partial charge in [-0.3, -0.25) is 19.2 Å². The van der Waals surface area contributed by atoms with Crippen LogP contribution in [0.5, 0.6) is 11.5 Å². The summed E-state index contributed by atoms with van der Waals surface area (Å²) in [4.78, 5) is 54.5. The lowest BCUT2D eigenvalue weighted by Gasteiger charge is -2.14. The molecule has 7 nitrogen and oxygen atoms in total. The third kappa shape index (κ3) is 3.98. The Hall–Kier alpha value is -4.46. The van der Waals surface area contributed by atoms with Crippen molar-refractivity contribution >= 4 is 58.2 Å². The number of aryl methyl sites for hydroxylation is 2. The Kier molecular flexibility index (Phi) is 5.79. The zero-order valence-electron chi connectivity index (χ0n) is 20.6. The van der Waals surface area contributed by atoms with Gasteiger partial charge in [-0.25, -0.2) is 9.80 Å². The van der Waals surface area contributed by atoms with Gasteiger partial charge in [-0.05, 0) is 85.6 Å². The van der Waals surface area contributed by atoms with Crippen LogP contribution in [0.1, 0.15) is 52.6 Å². The predicted molar refractivity (Wildman–Crippen MR) is 148 cm³/mol. The first-order valence-corrected chi connectivity index (χ1v) is 12.7. The van der Waals surface area contributed by atoms with Crippen LogP contribution in [0.4, 0.5) is 11.4 Å². The molecule has 4 amide bonds. The molecule has 4 aromatic carbocycles. The molecule has 0 bridgehead atoms. The lowest BCUT2D eigenvalue weighted by molar-refractivity contribution is 0.0910. The van der Waals surface area contributed by atoms with Crippen LogP contribution >= 0.6 is 23.2 Å². The average Bonchev–Trinajstić information content (AvgIpc) is 3.31. The van der Waals surface area contributed by atoms with Crippen LogP contribution < -0.4 is 14.5 Å². The van der Waals surface area contributed by atoms with Crippen LogP contribution in [0.2, 0.25) is 10.0 Å². The van der Waals surface area contributed by atoms with E-state index in [0.717, 1.165) is 20.9 Å². The number of carbonyl (C=O) groups is 4. The van der Waals surface area contributed by atoms with Crippen molar-refractivity contribution in [3.05, 3.63) is 116 Å². The number of amides is 4. The van der Waals surface area contributed by atoms with Crippen LogP contribution in [0.25, 0.3) is 0 Å². The van der Waals surface area contributed by atoms with Crippen molar-refractivity contribution in [1.82, 2.24) is 0 Å². The molecule has 0 aliphatic carbocycles. The van der Waals surface area contributed by atoms with Crippen molar-refractivity contribution in [1.29, 1.82) is 0 Å². The van der Waals surface area contributed by atoms with Gasteiger partial charge >= 0.3 is 0 Å². The quantitative estimate of drug-likeness (QED) is 0.252. The molecule has 0 radical (unpaired) electrons. The highest BCUT2D eigenvalue weighted by Gasteiger charge is 2.38. The highest BCUT2D eigenvalue weighted by molar-refractivity contribution is 6.37. The smallest absolute Gasteiger partial charge is 0.266 e. The molecule has 0 atom stereocenters. The first kappa shape index (κ1) is 24.9. The second-order valence-corrected chi connectivity index (χ2v) is 10.1. The number of fused-ring (bicyclic) bond motifs is 2. The van der Waals surface area contributed by atoms with Crippen LogP contribution in [0, 0.1) is 13.8 Å². The summed E-state index contributed by atoms with van der Waals surface area (Å²) in [6.45, 7) is 3.66. The normalized spacial score (nSPS) is 14.3. The number of nitrogens with zero attached hydrogens (tertiary/aromatic N) is 2. The maximum Gasteiger partial charge on any atom is 0.266 e. The largest absolute Gasteiger partial charge is 0.457 e. The van der Waals surface area contributed by atoms with Crippen LogP contribution in [-0.2, 0) is 0 Å². The molecule has 192 valence electrons. The minimum atomic E-state index is -0.498. The van der Waals surface area contributed by atoms with E-state index in [1.54, 1.807) is 48.5 Å². The van der Waals surface area contributed by atoms with Gasteiger partial charge in [0.2, 0.25) is 0 Å². The van der Waals surface area contributed by atoms with Crippen molar-refractivity contribution in [3.8, 4) is 11.5 Å². The first-order valence-electron chi connectivity index (χ1n) is 11.9. The van der Waals surface area contributed by atoms with Crippen LogP contribution in [0.3, 0.4) is 0 Å². The summed E-state index contributed by atoms with van der Waals surface area (Å²) in [7, 11) is 0. The van der Waals surface area contributed by atoms with Crippen molar-refractivity contribution in [2.45, 2.75) is 13.8 Å². The van der Waals surface area contributed by atoms with Crippen molar-refractivity contribution in [2.75, 3.05) is 9.80 Å². The second kappa shape index (κ2) is 9.08. The number of hydrogen-bond acceptors (Lipinski definition) is 5. The lowest BCUT2D eigenvalue weighted by atomic mass is 10.1. The summed E-state index contributed by atoms with van der Waals surface area (Å²) < 4.78 is 5.94. The summed E-state index contributed by atoms with van der Waals surface area (Å²) in [5, 5.41) is 0.892. The van der Waals surface area contributed by atoms with Gasteiger partial charge in [0.05, 0.1) is 33.6 Å². The third-order valence-corrected chi connectivity index (χ3v) is 7.59. The van der Waals surface area contributed by atoms with Gasteiger partial charge < -0.3 is 4.74 Å². The number of rotatable bonds is 4. The molecule has 9 heteroatoms. The minimum absolute atomic E-state index is 0.184. The zero-order valence-corrected chi connectivity index (χ0v) is 22.1. The molecule has 6 rings (SSSR count). The molecule has 0 N–H and O–H groups in total. The molecule has 4 aromatic rings. The summed E-state index contributed by atoms with van der Waals surface area (Å²) in [5.74, 6) is -1.33. The SMILES string of the molecule is Cc1ccc(N2C(=O)c3ccc(Oc4ccc5c(c4)C(=O)N(c4ccc(C)c(Cl)c4)C5=O)cc3C2=O)cc1Cl. The third-order valence-electron chi connectivity index (χ3n) is 6.78.